The van der Waals surface area contributed by atoms with Crippen molar-refractivity contribution < 1.29 is 19.1 Å². The Morgan fingerprint density at radius 1 is 0.714 bits per heavy atom. The minimum Gasteiger partial charge on any atom is -0.444 e. The maximum Gasteiger partial charge on any atom is 0.426 e. The molecule has 0 heterocycles. The van der Waals surface area contributed by atoms with E-state index in [0.29, 0.717) is 11.8 Å². The van der Waals surface area contributed by atoms with Gasteiger partial charge in [0.05, 0.1) is 0 Å². The zero-order valence-electron chi connectivity index (χ0n) is 18.2. The van der Waals surface area contributed by atoms with E-state index >= 15 is 0 Å². The van der Waals surface area contributed by atoms with Gasteiger partial charge in [0.15, 0.2) is 0 Å². The van der Waals surface area contributed by atoms with Gasteiger partial charge in [-0.05, 0) is 61.2 Å². The molecule has 6 atom stereocenters. The maximum absolute atomic E-state index is 12.3. The van der Waals surface area contributed by atoms with Gasteiger partial charge in [0.2, 0.25) is 0 Å². The molecule has 2 N–H and O–H groups in total. The number of hydrogen-bond donors (Lipinski definition) is 2. The van der Waals surface area contributed by atoms with Gasteiger partial charge in [-0.1, -0.05) is 41.5 Å². The van der Waals surface area contributed by atoms with Crippen LogP contribution in [-0.2, 0) is 9.47 Å². The van der Waals surface area contributed by atoms with E-state index in [0.717, 1.165) is 25.7 Å². The molecule has 0 aromatic rings. The van der Waals surface area contributed by atoms with Crippen molar-refractivity contribution in [1.29, 1.82) is 0 Å². The predicted molar refractivity (Wildman–Crippen MR) is 105 cm³/mol. The van der Waals surface area contributed by atoms with Crippen molar-refractivity contribution in [3.8, 4) is 0 Å². The standard InChI is InChI=1S/C22H36N2O4/c1-19(2)13-7-9-21(19,5)15(11-13)27-17(25)23-24-18(26)28-16-12-14-8-10-22(16,6)20(14,3)4/h13-16H,7-12H2,1-6H3,(H,23,25)(H,24,26)/t13-,14-,15-,16-,21+,22+/m1/s1. The number of amides is 2. The molecule has 4 aliphatic rings. The Morgan fingerprint density at radius 2 is 1.07 bits per heavy atom. The average molecular weight is 393 g/mol. The molecule has 6 heteroatoms. The van der Waals surface area contributed by atoms with E-state index in [4.69, 9.17) is 9.47 Å². The lowest BCUT2D eigenvalue weighted by Gasteiger charge is -2.38. The highest BCUT2D eigenvalue weighted by atomic mass is 16.6. The van der Waals surface area contributed by atoms with E-state index in [9.17, 15) is 9.59 Å². The molecule has 4 saturated carbocycles. The molecule has 4 aliphatic carbocycles. The molecule has 0 unspecified atom stereocenters. The van der Waals surface area contributed by atoms with Crippen LogP contribution in [0.1, 0.15) is 80.1 Å². The molecule has 0 aromatic heterocycles. The molecule has 0 aromatic carbocycles. The molecule has 0 radical (unpaired) electrons. The van der Waals surface area contributed by atoms with Gasteiger partial charge in [-0.15, -0.1) is 0 Å². The molecular formula is C22H36N2O4. The van der Waals surface area contributed by atoms with Crippen molar-refractivity contribution in [2.24, 2.45) is 33.5 Å². The maximum atomic E-state index is 12.3. The Kier molecular flexibility index (Phi) is 4.27. The number of hydrogen-bond acceptors (Lipinski definition) is 4. The second kappa shape index (κ2) is 6.02. The van der Waals surface area contributed by atoms with Gasteiger partial charge < -0.3 is 9.47 Å². The Bertz CT molecular complexity index is 632. The van der Waals surface area contributed by atoms with Crippen molar-refractivity contribution >= 4 is 12.2 Å². The number of hydrazine groups is 1. The monoisotopic (exact) mass is 392 g/mol. The first kappa shape index (κ1) is 19.8. The number of carbonyl (C=O) groups excluding carboxylic acids is 2. The number of ether oxygens (including phenoxy) is 2. The molecule has 158 valence electrons. The third-order valence-corrected chi connectivity index (χ3v) is 10.2. The topological polar surface area (TPSA) is 76.7 Å². The van der Waals surface area contributed by atoms with E-state index in [1.54, 1.807) is 0 Å². The first-order chi connectivity index (χ1) is 12.9. The Hall–Kier alpha value is -1.46. The zero-order valence-corrected chi connectivity index (χ0v) is 18.2. The normalized spacial score (nSPS) is 44.4. The Balaban J connectivity index is 1.27. The van der Waals surface area contributed by atoms with Crippen molar-refractivity contribution in [1.82, 2.24) is 10.9 Å². The van der Waals surface area contributed by atoms with E-state index in [1.807, 2.05) is 0 Å². The number of fused-ring (bicyclic) bond motifs is 4. The van der Waals surface area contributed by atoms with Crippen LogP contribution in [0.3, 0.4) is 0 Å². The van der Waals surface area contributed by atoms with Gasteiger partial charge in [-0.3, -0.25) is 0 Å². The van der Waals surface area contributed by atoms with Crippen LogP contribution in [0.4, 0.5) is 9.59 Å². The fraction of sp³-hybridized carbons (Fsp3) is 0.909. The van der Waals surface area contributed by atoms with E-state index < -0.39 is 12.2 Å². The van der Waals surface area contributed by atoms with E-state index in [1.165, 1.54) is 12.8 Å². The smallest absolute Gasteiger partial charge is 0.426 e. The summed E-state index contributed by atoms with van der Waals surface area (Å²) in [7, 11) is 0. The van der Waals surface area contributed by atoms with Gasteiger partial charge in [0.1, 0.15) is 12.2 Å². The van der Waals surface area contributed by atoms with Crippen LogP contribution < -0.4 is 10.9 Å². The summed E-state index contributed by atoms with van der Waals surface area (Å²) in [5.74, 6) is 1.19. The first-order valence-corrected chi connectivity index (χ1v) is 10.8. The predicted octanol–water partition coefficient (Wildman–Crippen LogP) is 4.78. The van der Waals surface area contributed by atoms with Crippen molar-refractivity contribution in [3.63, 3.8) is 0 Å². The molecule has 0 saturated heterocycles. The first-order valence-electron chi connectivity index (χ1n) is 10.8. The van der Waals surface area contributed by atoms with Crippen molar-refractivity contribution in [2.45, 2.75) is 92.3 Å². The minimum absolute atomic E-state index is 0.00122. The summed E-state index contributed by atoms with van der Waals surface area (Å²) in [6.07, 6.45) is 4.94. The number of carbonyl (C=O) groups is 2. The fourth-order valence-electron chi connectivity index (χ4n) is 7.04. The summed E-state index contributed by atoms with van der Waals surface area (Å²) in [6.45, 7) is 13.5. The highest BCUT2D eigenvalue weighted by molar-refractivity contribution is 5.74. The summed E-state index contributed by atoms with van der Waals surface area (Å²) < 4.78 is 11.4. The van der Waals surface area contributed by atoms with Crippen LogP contribution in [0.2, 0.25) is 0 Å². The molecule has 0 aliphatic heterocycles. The SMILES string of the molecule is CC1(C)[C@@H]2CC[C@@]1(C)[C@H](OC(=O)NNC(=O)O[C@@H]1C[C@H]3CC[C@]1(C)C3(C)C)C2. The van der Waals surface area contributed by atoms with Gasteiger partial charge in [0.25, 0.3) is 0 Å². The number of rotatable bonds is 2. The lowest BCUT2D eigenvalue weighted by molar-refractivity contribution is -0.0130. The third-order valence-electron chi connectivity index (χ3n) is 10.2. The average Bonchev–Trinajstić information content (AvgIpc) is 3.12. The molecule has 4 rings (SSSR count). The summed E-state index contributed by atoms with van der Waals surface area (Å²) in [4.78, 5) is 24.5. The minimum atomic E-state index is -0.606. The molecular weight excluding hydrogens is 356 g/mol. The summed E-state index contributed by atoms with van der Waals surface area (Å²) in [5, 5.41) is 0. The summed E-state index contributed by atoms with van der Waals surface area (Å²) in [6, 6.07) is 0. The molecule has 4 bridgehead atoms. The Morgan fingerprint density at radius 3 is 1.32 bits per heavy atom. The van der Waals surface area contributed by atoms with Crippen LogP contribution in [0.25, 0.3) is 0 Å². The fourth-order valence-corrected chi connectivity index (χ4v) is 7.04. The second-order valence-electron chi connectivity index (χ2n) is 11.3. The van der Waals surface area contributed by atoms with Crippen molar-refractivity contribution in [3.05, 3.63) is 0 Å². The lowest BCUT2D eigenvalue weighted by Crippen LogP contribution is -2.48. The third kappa shape index (κ3) is 2.51. The molecule has 4 fully saturated rings. The van der Waals surface area contributed by atoms with Gasteiger partial charge in [-0.2, -0.15) is 0 Å². The molecule has 0 spiro atoms. The lowest BCUT2D eigenvalue weighted by atomic mass is 9.70. The zero-order chi connectivity index (χ0) is 20.5. The van der Waals surface area contributed by atoms with Gasteiger partial charge in [-0.25, -0.2) is 20.4 Å². The largest absolute Gasteiger partial charge is 0.444 e. The van der Waals surface area contributed by atoms with Gasteiger partial charge in [0, 0.05) is 10.8 Å². The van der Waals surface area contributed by atoms with E-state index in [2.05, 4.69) is 52.4 Å². The summed E-state index contributed by atoms with van der Waals surface area (Å²) >= 11 is 0. The highest BCUT2D eigenvalue weighted by Gasteiger charge is 2.64. The van der Waals surface area contributed by atoms with E-state index in [-0.39, 0.29) is 33.9 Å². The van der Waals surface area contributed by atoms with Gasteiger partial charge >= 0.3 is 12.2 Å². The molecule has 2 amide bonds. The highest BCUT2D eigenvalue weighted by Crippen LogP contribution is 2.67. The van der Waals surface area contributed by atoms with Crippen molar-refractivity contribution in [2.75, 3.05) is 0 Å². The van der Waals surface area contributed by atoms with Crippen LogP contribution in [0.15, 0.2) is 0 Å². The molecule has 6 nitrogen and oxygen atoms in total. The Labute approximate surface area is 168 Å². The van der Waals surface area contributed by atoms with Crippen LogP contribution >= 0.6 is 0 Å². The summed E-state index contributed by atoms with van der Waals surface area (Å²) in [5.41, 5.74) is 5.11. The quantitative estimate of drug-likeness (QED) is 0.663. The van der Waals surface area contributed by atoms with Crippen LogP contribution in [0, 0.1) is 33.5 Å². The second-order valence-corrected chi connectivity index (χ2v) is 11.3. The van der Waals surface area contributed by atoms with Crippen LogP contribution in [-0.4, -0.2) is 24.4 Å². The van der Waals surface area contributed by atoms with Crippen LogP contribution in [0.5, 0.6) is 0 Å². The number of nitrogens with one attached hydrogen (secondary N) is 2. The molecule has 28 heavy (non-hydrogen) atoms.